The molecule has 1 atom stereocenters. The van der Waals surface area contributed by atoms with Crippen LogP contribution in [0.2, 0.25) is 0 Å². The number of pyridine rings is 1. The topological polar surface area (TPSA) is 56.3 Å². The second-order valence-corrected chi connectivity index (χ2v) is 8.03. The molecule has 0 saturated heterocycles. The molecule has 4 nitrogen and oxygen atoms in total. The first-order valence-corrected chi connectivity index (χ1v) is 9.22. The molecular weight excluding hydrogens is 355 g/mol. The van der Waals surface area contributed by atoms with Crippen molar-refractivity contribution in [2.75, 3.05) is 6.61 Å². The molecule has 0 aliphatic carbocycles. The van der Waals surface area contributed by atoms with Crippen molar-refractivity contribution in [3.63, 3.8) is 0 Å². The van der Waals surface area contributed by atoms with Crippen LogP contribution in [0.15, 0.2) is 35.5 Å². The average molecular weight is 371 g/mol. The van der Waals surface area contributed by atoms with Crippen LogP contribution in [-0.2, 0) is 21.3 Å². The fraction of sp³-hybridized carbons (Fsp3) is 0.353. The number of halogens is 3. The molecule has 0 fully saturated rings. The molecule has 1 aromatic heterocycles. The number of hydrogen-bond acceptors (Lipinski definition) is 4. The Balaban J connectivity index is 2.25. The lowest BCUT2D eigenvalue weighted by atomic mass is 9.89. The van der Waals surface area contributed by atoms with Crippen molar-refractivity contribution in [2.45, 2.75) is 36.2 Å². The third-order valence-electron chi connectivity index (χ3n) is 4.58. The van der Waals surface area contributed by atoms with Crippen LogP contribution in [0.4, 0.5) is 13.2 Å². The summed E-state index contributed by atoms with van der Waals surface area (Å²) in [6.07, 6.45) is 1.10. The van der Waals surface area contributed by atoms with Crippen LogP contribution in [0.5, 0.6) is 5.75 Å². The van der Waals surface area contributed by atoms with Crippen molar-refractivity contribution in [3.8, 4) is 5.75 Å². The quantitative estimate of drug-likeness (QED) is 0.823. The van der Waals surface area contributed by atoms with Crippen molar-refractivity contribution in [2.24, 2.45) is 0 Å². The lowest BCUT2D eigenvalue weighted by molar-refractivity contribution is 0.230. The molecule has 0 radical (unpaired) electrons. The highest BCUT2D eigenvalue weighted by atomic mass is 32.2. The van der Waals surface area contributed by atoms with Gasteiger partial charge in [-0.25, -0.2) is 26.6 Å². The summed E-state index contributed by atoms with van der Waals surface area (Å²) in [5.41, 5.74) is -0.0771. The van der Waals surface area contributed by atoms with Gasteiger partial charge in [0.1, 0.15) is 17.2 Å². The van der Waals surface area contributed by atoms with Crippen LogP contribution < -0.4 is 4.74 Å². The minimum absolute atomic E-state index is 0.0125. The first kappa shape index (κ1) is 17.7. The van der Waals surface area contributed by atoms with E-state index < -0.39 is 32.9 Å². The van der Waals surface area contributed by atoms with Gasteiger partial charge in [0, 0.05) is 18.2 Å². The van der Waals surface area contributed by atoms with Crippen molar-refractivity contribution < 1.29 is 26.3 Å². The highest BCUT2D eigenvalue weighted by Gasteiger charge is 2.51. The molecule has 2 aromatic rings. The summed E-state index contributed by atoms with van der Waals surface area (Å²) in [7, 11) is -4.17. The molecule has 0 N–H and O–H groups in total. The third kappa shape index (κ3) is 2.59. The van der Waals surface area contributed by atoms with E-state index in [9.17, 15) is 21.6 Å². The van der Waals surface area contributed by atoms with Crippen molar-refractivity contribution in [3.05, 3.63) is 53.2 Å². The van der Waals surface area contributed by atoms with Gasteiger partial charge in [-0.3, -0.25) is 0 Å². The maximum absolute atomic E-state index is 14.5. The van der Waals surface area contributed by atoms with Crippen molar-refractivity contribution in [1.82, 2.24) is 4.98 Å². The van der Waals surface area contributed by atoms with Crippen molar-refractivity contribution in [1.29, 1.82) is 0 Å². The standard InChI is InChI=1S/C17H16F3NO3S/c1-2-17(25(22,23)14-6-3-11(9-18)10-21-14)7-8-24-16-13(20)5-4-12(19)15(16)17/h3-6,10H,2,7-9H2,1H3. The zero-order chi connectivity index (χ0) is 18.2. The Bertz CT molecular complexity index is 900. The lowest BCUT2D eigenvalue weighted by Crippen LogP contribution is -2.41. The van der Waals surface area contributed by atoms with E-state index in [2.05, 4.69) is 4.98 Å². The first-order chi connectivity index (χ1) is 11.9. The summed E-state index contributed by atoms with van der Waals surface area (Å²) >= 11 is 0. The summed E-state index contributed by atoms with van der Waals surface area (Å²) in [4.78, 5) is 3.83. The summed E-state index contributed by atoms with van der Waals surface area (Å²) in [5, 5.41) is -0.303. The molecule has 0 spiro atoms. The van der Waals surface area contributed by atoms with E-state index in [4.69, 9.17) is 4.74 Å². The number of fused-ring (bicyclic) bond motifs is 1. The fourth-order valence-electron chi connectivity index (χ4n) is 3.20. The van der Waals surface area contributed by atoms with Crippen LogP contribution in [-0.4, -0.2) is 20.0 Å². The summed E-state index contributed by atoms with van der Waals surface area (Å²) in [5.74, 6) is -2.04. The van der Waals surface area contributed by atoms with Gasteiger partial charge in [-0.1, -0.05) is 13.0 Å². The maximum Gasteiger partial charge on any atom is 0.205 e. The van der Waals surface area contributed by atoms with E-state index in [-0.39, 0.29) is 41.4 Å². The molecule has 25 heavy (non-hydrogen) atoms. The predicted molar refractivity (Wildman–Crippen MR) is 84.7 cm³/mol. The van der Waals surface area contributed by atoms with Crippen LogP contribution in [0.1, 0.15) is 30.9 Å². The summed E-state index contributed by atoms with van der Waals surface area (Å²) in [6, 6.07) is 4.29. The highest BCUT2D eigenvalue weighted by Crippen LogP contribution is 2.49. The largest absolute Gasteiger partial charge is 0.490 e. The second-order valence-electron chi connectivity index (χ2n) is 5.82. The number of sulfone groups is 1. The van der Waals surface area contributed by atoms with E-state index in [0.717, 1.165) is 18.3 Å². The summed E-state index contributed by atoms with van der Waals surface area (Å²) in [6.45, 7) is 0.749. The Labute approximate surface area is 143 Å². The third-order valence-corrected chi connectivity index (χ3v) is 7.10. The molecule has 1 aliphatic rings. The predicted octanol–water partition coefficient (Wildman–Crippen LogP) is 3.69. The van der Waals surface area contributed by atoms with E-state index in [1.54, 1.807) is 6.92 Å². The van der Waals surface area contributed by atoms with Crippen LogP contribution in [0.3, 0.4) is 0 Å². The Morgan fingerprint density at radius 3 is 2.52 bits per heavy atom. The number of rotatable bonds is 4. The van der Waals surface area contributed by atoms with Crippen molar-refractivity contribution >= 4 is 9.84 Å². The molecule has 2 heterocycles. The minimum Gasteiger partial charge on any atom is -0.490 e. The Morgan fingerprint density at radius 1 is 1.20 bits per heavy atom. The number of nitrogens with zero attached hydrogens (tertiary/aromatic N) is 1. The molecule has 0 amide bonds. The number of ether oxygens (including phenoxy) is 1. The number of hydrogen-bond donors (Lipinski definition) is 0. The Kier molecular flexibility index (Phi) is 4.49. The fourth-order valence-corrected chi connectivity index (χ4v) is 5.23. The molecule has 1 unspecified atom stereocenters. The zero-order valence-corrected chi connectivity index (χ0v) is 14.2. The molecular formula is C17H16F3NO3S. The van der Waals surface area contributed by atoms with Gasteiger partial charge in [-0.2, -0.15) is 0 Å². The summed E-state index contributed by atoms with van der Waals surface area (Å²) < 4.78 is 71.3. The maximum atomic E-state index is 14.5. The molecule has 134 valence electrons. The number of aromatic nitrogens is 1. The Morgan fingerprint density at radius 2 is 1.92 bits per heavy atom. The van der Waals surface area contributed by atoms with Crippen LogP contribution >= 0.6 is 0 Å². The van der Waals surface area contributed by atoms with Gasteiger partial charge < -0.3 is 4.74 Å². The zero-order valence-electron chi connectivity index (χ0n) is 13.4. The van der Waals surface area contributed by atoms with E-state index in [0.29, 0.717) is 0 Å². The SMILES string of the molecule is CCC1(S(=O)(=O)c2ccc(CF)cn2)CCOc2c(F)ccc(F)c21. The van der Waals surface area contributed by atoms with Gasteiger partial charge in [0.15, 0.2) is 16.6 Å². The molecule has 8 heteroatoms. The monoisotopic (exact) mass is 371 g/mol. The van der Waals surface area contributed by atoms with E-state index >= 15 is 0 Å². The molecule has 1 aliphatic heterocycles. The first-order valence-electron chi connectivity index (χ1n) is 7.74. The van der Waals surface area contributed by atoms with Crippen LogP contribution in [0, 0.1) is 11.6 Å². The number of benzene rings is 1. The van der Waals surface area contributed by atoms with Gasteiger partial charge in [0.05, 0.1) is 12.2 Å². The van der Waals surface area contributed by atoms with Gasteiger partial charge in [-0.15, -0.1) is 0 Å². The van der Waals surface area contributed by atoms with E-state index in [1.807, 2.05) is 0 Å². The Hall–Kier alpha value is -2.09. The van der Waals surface area contributed by atoms with E-state index in [1.165, 1.54) is 12.1 Å². The second kappa shape index (κ2) is 6.33. The molecule has 0 saturated carbocycles. The van der Waals surface area contributed by atoms with Gasteiger partial charge >= 0.3 is 0 Å². The van der Waals surface area contributed by atoms with Gasteiger partial charge in [-0.05, 0) is 24.6 Å². The van der Waals surface area contributed by atoms with Gasteiger partial charge in [0.2, 0.25) is 9.84 Å². The molecule has 1 aromatic carbocycles. The highest BCUT2D eigenvalue weighted by molar-refractivity contribution is 7.92. The smallest absolute Gasteiger partial charge is 0.205 e. The molecule has 0 bridgehead atoms. The van der Waals surface area contributed by atoms with Gasteiger partial charge in [0.25, 0.3) is 0 Å². The minimum atomic E-state index is -4.17. The lowest BCUT2D eigenvalue weighted by Gasteiger charge is -2.37. The van der Waals surface area contributed by atoms with Crippen LogP contribution in [0.25, 0.3) is 0 Å². The normalized spacial score (nSPS) is 20.0. The number of alkyl halides is 1. The molecule has 3 rings (SSSR count). The average Bonchev–Trinajstić information content (AvgIpc) is 2.64.